The molecular formula is C22H20N6O3S2. The molecule has 0 unspecified atom stereocenters. The molecule has 0 spiro atoms. The van der Waals surface area contributed by atoms with Gasteiger partial charge in [0.15, 0.2) is 4.34 Å². The molecule has 0 aliphatic carbocycles. The molecule has 0 fully saturated rings. The molecule has 0 saturated carbocycles. The van der Waals surface area contributed by atoms with Crippen molar-refractivity contribution in [2.75, 3.05) is 16.4 Å². The number of benzene rings is 2. The maximum atomic E-state index is 12.5. The summed E-state index contributed by atoms with van der Waals surface area (Å²) in [6.07, 6.45) is 1.67. The van der Waals surface area contributed by atoms with Gasteiger partial charge in [0.05, 0.1) is 17.2 Å². The number of rotatable bonds is 8. The van der Waals surface area contributed by atoms with E-state index in [2.05, 4.69) is 25.8 Å². The number of aromatic nitrogens is 4. The molecule has 2 aromatic heterocycles. The van der Waals surface area contributed by atoms with Crippen molar-refractivity contribution in [3.63, 3.8) is 0 Å². The van der Waals surface area contributed by atoms with E-state index in [1.807, 2.05) is 31.2 Å². The number of aryl methyl sites for hydroxylation is 1. The summed E-state index contributed by atoms with van der Waals surface area (Å²) in [6.45, 7) is 1.81. The van der Waals surface area contributed by atoms with E-state index in [1.54, 1.807) is 24.3 Å². The number of para-hydroxylation sites is 1. The number of nitrogens with one attached hydrogen (secondary N) is 2. The number of thioether (sulfide) groups is 1. The Morgan fingerprint density at radius 3 is 2.64 bits per heavy atom. The highest BCUT2D eigenvalue weighted by Gasteiger charge is 2.12. The number of amides is 2. The second-order valence-electron chi connectivity index (χ2n) is 7.13. The average Bonchev–Trinajstić information content (AvgIpc) is 3.24. The summed E-state index contributed by atoms with van der Waals surface area (Å²) in [5.74, 6) is 0.0384. The van der Waals surface area contributed by atoms with E-state index in [0.29, 0.717) is 32.5 Å². The minimum absolute atomic E-state index is 0.0844. The van der Waals surface area contributed by atoms with Gasteiger partial charge in [0.25, 0.3) is 5.56 Å². The van der Waals surface area contributed by atoms with Gasteiger partial charge in [-0.05, 0) is 31.2 Å². The van der Waals surface area contributed by atoms with E-state index in [1.165, 1.54) is 34.0 Å². The van der Waals surface area contributed by atoms with Crippen molar-refractivity contribution in [3.05, 3.63) is 70.8 Å². The predicted molar refractivity (Wildman–Crippen MR) is 130 cm³/mol. The number of hydrogen-bond donors (Lipinski definition) is 2. The smallest absolute Gasteiger partial charge is 0.261 e. The Morgan fingerprint density at radius 1 is 1.03 bits per heavy atom. The third-order valence-electron chi connectivity index (χ3n) is 4.59. The summed E-state index contributed by atoms with van der Waals surface area (Å²) in [7, 11) is 0. The van der Waals surface area contributed by atoms with E-state index in [-0.39, 0.29) is 18.0 Å². The summed E-state index contributed by atoms with van der Waals surface area (Å²) >= 11 is 2.59. The molecule has 0 saturated heterocycles. The lowest BCUT2D eigenvalue weighted by Gasteiger charge is -2.06. The van der Waals surface area contributed by atoms with Gasteiger partial charge in [-0.2, -0.15) is 0 Å². The zero-order valence-corrected chi connectivity index (χ0v) is 19.3. The Labute approximate surface area is 197 Å². The van der Waals surface area contributed by atoms with Crippen molar-refractivity contribution in [1.29, 1.82) is 0 Å². The topological polar surface area (TPSA) is 119 Å². The number of anilines is 2. The van der Waals surface area contributed by atoms with Crippen LogP contribution in [0.5, 0.6) is 0 Å². The fourth-order valence-corrected chi connectivity index (χ4v) is 4.72. The van der Waals surface area contributed by atoms with E-state index >= 15 is 0 Å². The van der Waals surface area contributed by atoms with Crippen LogP contribution in [0.2, 0.25) is 0 Å². The molecule has 2 heterocycles. The summed E-state index contributed by atoms with van der Waals surface area (Å²) in [6, 6.07) is 14.6. The van der Waals surface area contributed by atoms with Crippen LogP contribution in [-0.2, 0) is 16.1 Å². The number of carbonyl (C=O) groups is 2. The molecule has 11 heteroatoms. The molecule has 4 rings (SSSR count). The summed E-state index contributed by atoms with van der Waals surface area (Å²) in [5, 5.41) is 14.3. The molecule has 0 aliphatic rings. The van der Waals surface area contributed by atoms with Crippen LogP contribution < -0.4 is 16.2 Å². The van der Waals surface area contributed by atoms with Crippen molar-refractivity contribution < 1.29 is 9.59 Å². The molecular weight excluding hydrogens is 460 g/mol. The van der Waals surface area contributed by atoms with Gasteiger partial charge in [-0.1, -0.05) is 52.9 Å². The lowest BCUT2D eigenvalue weighted by atomic mass is 10.2. The number of fused-ring (bicyclic) bond motifs is 1. The van der Waals surface area contributed by atoms with Gasteiger partial charge < -0.3 is 5.32 Å². The van der Waals surface area contributed by atoms with E-state index < -0.39 is 5.91 Å². The second kappa shape index (κ2) is 10.4. The van der Waals surface area contributed by atoms with Gasteiger partial charge in [-0.25, -0.2) is 4.98 Å². The third-order valence-corrected chi connectivity index (χ3v) is 6.56. The van der Waals surface area contributed by atoms with Crippen LogP contribution in [0.25, 0.3) is 10.9 Å². The number of carbonyl (C=O) groups excluding carboxylic acids is 2. The van der Waals surface area contributed by atoms with Gasteiger partial charge >= 0.3 is 0 Å². The average molecular weight is 481 g/mol. The third kappa shape index (κ3) is 6.02. The van der Waals surface area contributed by atoms with Crippen LogP contribution in [0.1, 0.15) is 12.0 Å². The monoisotopic (exact) mass is 480 g/mol. The fraction of sp³-hybridized carbons (Fsp3) is 0.182. The maximum absolute atomic E-state index is 12.5. The summed E-state index contributed by atoms with van der Waals surface area (Å²) in [5.41, 5.74) is 2.19. The summed E-state index contributed by atoms with van der Waals surface area (Å²) in [4.78, 5) is 41.1. The molecule has 2 amide bonds. The van der Waals surface area contributed by atoms with Crippen LogP contribution in [-0.4, -0.2) is 37.3 Å². The zero-order valence-electron chi connectivity index (χ0n) is 17.6. The lowest BCUT2D eigenvalue weighted by Crippen LogP contribution is -2.27. The molecule has 33 heavy (non-hydrogen) atoms. The van der Waals surface area contributed by atoms with E-state index in [0.717, 1.165) is 11.3 Å². The quantitative estimate of drug-likeness (QED) is 0.293. The van der Waals surface area contributed by atoms with E-state index in [4.69, 9.17) is 0 Å². The fourth-order valence-electron chi connectivity index (χ4n) is 2.94. The second-order valence-corrected chi connectivity index (χ2v) is 9.45. The predicted octanol–water partition coefficient (Wildman–Crippen LogP) is 3.32. The molecule has 168 valence electrons. The van der Waals surface area contributed by atoms with Gasteiger partial charge in [0.2, 0.25) is 16.9 Å². The van der Waals surface area contributed by atoms with Gasteiger partial charge in [0, 0.05) is 17.9 Å². The Kier molecular flexibility index (Phi) is 7.10. The first-order valence-electron chi connectivity index (χ1n) is 10.0. The Bertz CT molecular complexity index is 1350. The van der Waals surface area contributed by atoms with Crippen molar-refractivity contribution >= 4 is 56.6 Å². The molecule has 4 aromatic rings. The highest BCUT2D eigenvalue weighted by atomic mass is 32.2. The molecule has 9 nitrogen and oxygen atoms in total. The van der Waals surface area contributed by atoms with Crippen LogP contribution in [0.4, 0.5) is 10.8 Å². The normalized spacial score (nSPS) is 10.8. The molecule has 0 aliphatic heterocycles. The van der Waals surface area contributed by atoms with Crippen molar-refractivity contribution in [3.8, 4) is 0 Å². The van der Waals surface area contributed by atoms with Crippen molar-refractivity contribution in [1.82, 2.24) is 19.7 Å². The maximum Gasteiger partial charge on any atom is 0.261 e. The van der Waals surface area contributed by atoms with Crippen LogP contribution in [0.3, 0.4) is 0 Å². The van der Waals surface area contributed by atoms with Crippen LogP contribution in [0, 0.1) is 6.92 Å². The SMILES string of the molecule is Cc1ccc(NC(=O)CCSc2nnc(NC(=O)Cn3cnc4ccccc4c3=O)s2)cc1. The molecule has 0 bridgehead atoms. The first-order valence-corrected chi connectivity index (χ1v) is 11.8. The first-order chi connectivity index (χ1) is 16.0. The zero-order chi connectivity index (χ0) is 23.2. The minimum atomic E-state index is -0.403. The molecule has 2 aromatic carbocycles. The van der Waals surface area contributed by atoms with Crippen LogP contribution in [0.15, 0.2) is 64.0 Å². The van der Waals surface area contributed by atoms with Crippen LogP contribution >= 0.6 is 23.1 Å². The molecule has 0 atom stereocenters. The van der Waals surface area contributed by atoms with Gasteiger partial charge in [-0.3, -0.25) is 24.3 Å². The van der Waals surface area contributed by atoms with Crippen molar-refractivity contribution in [2.45, 2.75) is 24.2 Å². The largest absolute Gasteiger partial charge is 0.326 e. The molecule has 2 N–H and O–H groups in total. The van der Waals surface area contributed by atoms with E-state index in [9.17, 15) is 14.4 Å². The van der Waals surface area contributed by atoms with Gasteiger partial charge in [-0.15, -0.1) is 10.2 Å². The standard InChI is InChI=1S/C22H20N6O3S2/c1-14-6-8-15(9-7-14)24-18(29)10-11-32-22-27-26-21(33-22)25-19(30)12-28-13-23-17-5-3-2-4-16(17)20(28)31/h2-9,13H,10-12H2,1H3,(H,24,29)(H,25,26,30). The Morgan fingerprint density at radius 2 is 1.82 bits per heavy atom. The summed E-state index contributed by atoms with van der Waals surface area (Å²) < 4.78 is 1.89. The Balaban J connectivity index is 1.26. The first kappa shape index (κ1) is 22.6. The van der Waals surface area contributed by atoms with Crippen molar-refractivity contribution in [2.24, 2.45) is 0 Å². The lowest BCUT2D eigenvalue weighted by molar-refractivity contribution is -0.117. The molecule has 0 radical (unpaired) electrons. The number of nitrogens with zero attached hydrogens (tertiary/aromatic N) is 4. The highest BCUT2D eigenvalue weighted by Crippen LogP contribution is 2.26. The van der Waals surface area contributed by atoms with Gasteiger partial charge in [0.1, 0.15) is 6.54 Å². The number of hydrogen-bond acceptors (Lipinski definition) is 8. The highest BCUT2D eigenvalue weighted by molar-refractivity contribution is 8.01. The minimum Gasteiger partial charge on any atom is -0.326 e. The Hall–Kier alpha value is -3.57.